The summed E-state index contributed by atoms with van der Waals surface area (Å²) in [5.41, 5.74) is 2.19. The smallest absolute Gasteiger partial charge is 0.323 e. The molecule has 2 aromatic rings. The van der Waals surface area contributed by atoms with Crippen LogP contribution < -0.4 is 10.6 Å². The molecule has 0 saturated carbocycles. The Hall–Kier alpha value is -1.85. The van der Waals surface area contributed by atoms with Crippen LogP contribution >= 0.6 is 11.3 Å². The first kappa shape index (κ1) is 12.6. The zero-order valence-corrected chi connectivity index (χ0v) is 10.7. The number of aliphatic hydroxyl groups excluding tert-OH is 1. The maximum Gasteiger partial charge on any atom is 0.323 e. The van der Waals surface area contributed by atoms with Crippen LogP contribution in [0.1, 0.15) is 18.6 Å². The number of urea groups is 1. The van der Waals surface area contributed by atoms with E-state index in [0.717, 1.165) is 11.3 Å². The van der Waals surface area contributed by atoms with Gasteiger partial charge in [-0.2, -0.15) is 11.3 Å². The van der Waals surface area contributed by atoms with E-state index in [1.807, 2.05) is 22.9 Å². The van der Waals surface area contributed by atoms with Gasteiger partial charge in [-0.3, -0.25) is 0 Å². The molecule has 0 saturated heterocycles. The fraction of sp³-hybridized carbons (Fsp3) is 0.154. The third kappa shape index (κ3) is 3.32. The van der Waals surface area contributed by atoms with Gasteiger partial charge < -0.3 is 15.7 Å². The fourth-order valence-corrected chi connectivity index (χ4v) is 2.09. The molecule has 18 heavy (non-hydrogen) atoms. The van der Waals surface area contributed by atoms with Crippen molar-refractivity contribution < 1.29 is 9.90 Å². The van der Waals surface area contributed by atoms with Crippen molar-refractivity contribution in [1.29, 1.82) is 0 Å². The van der Waals surface area contributed by atoms with Crippen molar-refractivity contribution in [2.45, 2.75) is 13.0 Å². The number of thiophene rings is 1. The molecular weight excluding hydrogens is 248 g/mol. The van der Waals surface area contributed by atoms with E-state index < -0.39 is 6.10 Å². The summed E-state index contributed by atoms with van der Waals surface area (Å²) >= 11 is 1.52. The van der Waals surface area contributed by atoms with E-state index in [2.05, 4.69) is 10.6 Å². The highest BCUT2D eigenvalue weighted by Gasteiger charge is 2.05. The van der Waals surface area contributed by atoms with Crippen LogP contribution in [0.15, 0.2) is 41.1 Å². The summed E-state index contributed by atoms with van der Waals surface area (Å²) in [4.78, 5) is 11.7. The van der Waals surface area contributed by atoms with Crippen LogP contribution in [-0.2, 0) is 0 Å². The molecule has 1 atom stereocenters. The summed E-state index contributed by atoms with van der Waals surface area (Å²) in [6, 6.07) is 8.67. The summed E-state index contributed by atoms with van der Waals surface area (Å²) in [6.45, 7) is 1.69. The molecule has 2 rings (SSSR count). The van der Waals surface area contributed by atoms with E-state index in [4.69, 9.17) is 0 Å². The van der Waals surface area contributed by atoms with Gasteiger partial charge in [0, 0.05) is 11.1 Å². The molecule has 1 aromatic carbocycles. The predicted molar refractivity (Wildman–Crippen MR) is 74.0 cm³/mol. The van der Waals surface area contributed by atoms with Crippen LogP contribution in [0, 0.1) is 0 Å². The number of benzene rings is 1. The number of carbonyl (C=O) groups is 1. The normalized spacial score (nSPS) is 11.9. The number of carbonyl (C=O) groups excluding carboxylic acids is 1. The van der Waals surface area contributed by atoms with Crippen molar-refractivity contribution in [3.8, 4) is 0 Å². The maximum atomic E-state index is 11.7. The molecule has 3 N–H and O–H groups in total. The molecule has 0 aliphatic heterocycles. The molecular formula is C13H14N2O2S. The summed E-state index contributed by atoms with van der Waals surface area (Å²) in [7, 11) is 0. The number of hydrogen-bond acceptors (Lipinski definition) is 3. The van der Waals surface area contributed by atoms with Gasteiger partial charge >= 0.3 is 6.03 Å². The molecule has 94 valence electrons. The van der Waals surface area contributed by atoms with E-state index in [1.54, 1.807) is 25.1 Å². The van der Waals surface area contributed by atoms with E-state index in [9.17, 15) is 9.90 Å². The van der Waals surface area contributed by atoms with E-state index in [-0.39, 0.29) is 6.03 Å². The minimum absolute atomic E-state index is 0.295. The summed E-state index contributed by atoms with van der Waals surface area (Å²) in [6.07, 6.45) is -0.549. The highest BCUT2D eigenvalue weighted by Crippen LogP contribution is 2.17. The summed E-state index contributed by atoms with van der Waals surface area (Å²) in [5.74, 6) is 0. The predicted octanol–water partition coefficient (Wildman–Crippen LogP) is 3.45. The molecule has 0 fully saturated rings. The first-order chi connectivity index (χ1) is 8.65. The lowest BCUT2D eigenvalue weighted by molar-refractivity contribution is 0.199. The SMILES string of the molecule is CC(O)c1cccc(NC(=O)Nc2ccsc2)c1. The number of hydrogen-bond donors (Lipinski definition) is 3. The highest BCUT2D eigenvalue weighted by molar-refractivity contribution is 7.08. The van der Waals surface area contributed by atoms with Gasteiger partial charge in [0.1, 0.15) is 0 Å². The Kier molecular flexibility index (Phi) is 3.96. The molecule has 0 aliphatic carbocycles. The average molecular weight is 262 g/mol. The minimum Gasteiger partial charge on any atom is -0.389 e. The Bertz CT molecular complexity index is 524. The van der Waals surface area contributed by atoms with Gasteiger partial charge in [0.25, 0.3) is 0 Å². The van der Waals surface area contributed by atoms with Gasteiger partial charge in [0.2, 0.25) is 0 Å². The Morgan fingerprint density at radius 2 is 2.06 bits per heavy atom. The molecule has 5 heteroatoms. The third-order valence-corrected chi connectivity index (χ3v) is 3.09. The zero-order valence-electron chi connectivity index (χ0n) is 9.88. The van der Waals surface area contributed by atoms with Gasteiger partial charge in [-0.25, -0.2) is 4.79 Å². The lowest BCUT2D eigenvalue weighted by Crippen LogP contribution is -2.19. The topological polar surface area (TPSA) is 61.4 Å². The number of aliphatic hydroxyl groups is 1. The highest BCUT2D eigenvalue weighted by atomic mass is 32.1. The summed E-state index contributed by atoms with van der Waals surface area (Å²) in [5, 5.41) is 18.6. The molecule has 0 spiro atoms. The average Bonchev–Trinajstić information content (AvgIpc) is 2.82. The molecule has 4 nitrogen and oxygen atoms in total. The first-order valence-electron chi connectivity index (χ1n) is 5.53. The summed E-state index contributed by atoms with van der Waals surface area (Å²) < 4.78 is 0. The Morgan fingerprint density at radius 3 is 2.72 bits per heavy atom. The van der Waals surface area contributed by atoms with Crippen LogP contribution in [0.25, 0.3) is 0 Å². The first-order valence-corrected chi connectivity index (χ1v) is 6.47. The third-order valence-electron chi connectivity index (χ3n) is 2.41. The quantitative estimate of drug-likeness (QED) is 0.793. The van der Waals surface area contributed by atoms with Crippen molar-refractivity contribution in [1.82, 2.24) is 0 Å². The second-order valence-corrected chi connectivity index (χ2v) is 4.67. The lowest BCUT2D eigenvalue weighted by Gasteiger charge is -2.09. The second kappa shape index (κ2) is 5.66. The van der Waals surface area contributed by atoms with Crippen LogP contribution in [0.4, 0.5) is 16.2 Å². The van der Waals surface area contributed by atoms with Crippen molar-refractivity contribution in [3.63, 3.8) is 0 Å². The standard InChI is InChI=1S/C13H14N2O2S/c1-9(16)10-3-2-4-11(7-10)14-13(17)15-12-5-6-18-8-12/h2-9,16H,1H3,(H2,14,15,17). The Morgan fingerprint density at radius 1 is 1.28 bits per heavy atom. The van der Waals surface area contributed by atoms with E-state index in [1.165, 1.54) is 11.3 Å². The Balaban J connectivity index is 2.00. The minimum atomic E-state index is -0.549. The number of rotatable bonds is 3. The molecule has 0 bridgehead atoms. The number of amides is 2. The number of anilines is 2. The maximum absolute atomic E-state index is 11.7. The van der Waals surface area contributed by atoms with E-state index >= 15 is 0 Å². The van der Waals surface area contributed by atoms with Crippen molar-refractivity contribution in [2.24, 2.45) is 0 Å². The van der Waals surface area contributed by atoms with Gasteiger partial charge in [-0.15, -0.1) is 0 Å². The van der Waals surface area contributed by atoms with Gasteiger partial charge in [-0.05, 0) is 36.1 Å². The molecule has 1 aromatic heterocycles. The molecule has 1 heterocycles. The largest absolute Gasteiger partial charge is 0.389 e. The van der Waals surface area contributed by atoms with Crippen LogP contribution in [0.3, 0.4) is 0 Å². The van der Waals surface area contributed by atoms with Crippen LogP contribution in [0.2, 0.25) is 0 Å². The van der Waals surface area contributed by atoms with Gasteiger partial charge in [0.05, 0.1) is 11.8 Å². The molecule has 0 aliphatic rings. The number of nitrogens with one attached hydrogen (secondary N) is 2. The molecule has 2 amide bonds. The fourth-order valence-electron chi connectivity index (χ4n) is 1.51. The zero-order chi connectivity index (χ0) is 13.0. The van der Waals surface area contributed by atoms with E-state index in [0.29, 0.717) is 5.69 Å². The van der Waals surface area contributed by atoms with Crippen molar-refractivity contribution in [2.75, 3.05) is 10.6 Å². The van der Waals surface area contributed by atoms with Gasteiger partial charge in [-0.1, -0.05) is 12.1 Å². The van der Waals surface area contributed by atoms with Crippen LogP contribution in [-0.4, -0.2) is 11.1 Å². The van der Waals surface area contributed by atoms with Crippen molar-refractivity contribution in [3.05, 3.63) is 46.7 Å². The lowest BCUT2D eigenvalue weighted by atomic mass is 10.1. The Labute approximate surface area is 109 Å². The second-order valence-electron chi connectivity index (χ2n) is 3.89. The van der Waals surface area contributed by atoms with Gasteiger partial charge in [0.15, 0.2) is 0 Å². The van der Waals surface area contributed by atoms with Crippen LogP contribution in [0.5, 0.6) is 0 Å². The monoisotopic (exact) mass is 262 g/mol. The van der Waals surface area contributed by atoms with Crippen molar-refractivity contribution >= 4 is 28.7 Å². The molecule has 1 unspecified atom stereocenters. The molecule has 0 radical (unpaired) electrons.